The van der Waals surface area contributed by atoms with Crippen LogP contribution in [0.1, 0.15) is 34.5 Å². The highest BCUT2D eigenvalue weighted by Gasteiger charge is 2.14. The van der Waals surface area contributed by atoms with Crippen molar-refractivity contribution in [1.29, 1.82) is 0 Å². The van der Waals surface area contributed by atoms with Gasteiger partial charge in [-0.3, -0.25) is 14.9 Å². The summed E-state index contributed by atoms with van der Waals surface area (Å²) in [6.45, 7) is 1.69. The van der Waals surface area contributed by atoms with Gasteiger partial charge in [0.05, 0.1) is 12.6 Å². The molecule has 4 nitrogen and oxygen atoms in total. The van der Waals surface area contributed by atoms with Crippen LogP contribution in [0.4, 0.5) is 5.69 Å². The zero-order valence-electron chi connectivity index (χ0n) is 15.2. The number of hydrogen-bond acceptors (Lipinski definition) is 3. The number of benzene rings is 3. The van der Waals surface area contributed by atoms with Crippen molar-refractivity contribution in [2.45, 2.75) is 13.0 Å². The molecule has 1 amide bonds. The van der Waals surface area contributed by atoms with Gasteiger partial charge in [-0.05, 0) is 42.3 Å². The average molecular weight is 358 g/mol. The summed E-state index contributed by atoms with van der Waals surface area (Å²) >= 11 is 0. The summed E-state index contributed by atoms with van der Waals surface area (Å²) in [5.41, 5.74) is 3.49. The second-order valence-corrected chi connectivity index (χ2v) is 6.32. The third-order valence-electron chi connectivity index (χ3n) is 4.31. The van der Waals surface area contributed by atoms with Crippen molar-refractivity contribution < 1.29 is 9.59 Å². The minimum Gasteiger partial charge on any atom is -0.325 e. The molecule has 2 N–H and O–H groups in total. The number of nitrogens with one attached hydrogen (secondary N) is 2. The Kier molecular flexibility index (Phi) is 6.13. The Morgan fingerprint density at radius 1 is 0.778 bits per heavy atom. The van der Waals surface area contributed by atoms with E-state index in [9.17, 15) is 9.59 Å². The SMILES string of the molecule is CC(=O)c1ccc(NC(=O)CNC(c2ccccc2)c2ccccc2)cc1. The van der Waals surface area contributed by atoms with Crippen molar-refractivity contribution in [2.24, 2.45) is 0 Å². The molecule has 0 aliphatic heterocycles. The van der Waals surface area contributed by atoms with Crippen LogP contribution in [0.5, 0.6) is 0 Å². The highest BCUT2D eigenvalue weighted by Crippen LogP contribution is 2.21. The van der Waals surface area contributed by atoms with Crippen molar-refractivity contribution in [1.82, 2.24) is 5.32 Å². The monoisotopic (exact) mass is 358 g/mol. The van der Waals surface area contributed by atoms with Gasteiger partial charge in [-0.15, -0.1) is 0 Å². The van der Waals surface area contributed by atoms with Gasteiger partial charge >= 0.3 is 0 Å². The number of carbonyl (C=O) groups is 2. The Hall–Kier alpha value is -3.24. The van der Waals surface area contributed by atoms with Crippen LogP contribution >= 0.6 is 0 Å². The molecule has 0 atom stereocenters. The molecule has 3 aromatic rings. The fourth-order valence-corrected chi connectivity index (χ4v) is 2.91. The molecule has 27 heavy (non-hydrogen) atoms. The quantitative estimate of drug-likeness (QED) is 0.622. The zero-order chi connectivity index (χ0) is 19.1. The molecular formula is C23H22N2O2. The average Bonchev–Trinajstić information content (AvgIpc) is 2.70. The van der Waals surface area contributed by atoms with Crippen LogP contribution in [0, 0.1) is 0 Å². The maximum Gasteiger partial charge on any atom is 0.238 e. The summed E-state index contributed by atoms with van der Waals surface area (Å²) < 4.78 is 0. The smallest absolute Gasteiger partial charge is 0.238 e. The molecule has 0 radical (unpaired) electrons. The van der Waals surface area contributed by atoms with E-state index in [1.54, 1.807) is 24.3 Å². The van der Waals surface area contributed by atoms with Gasteiger partial charge in [0, 0.05) is 11.3 Å². The Balaban J connectivity index is 1.66. The summed E-state index contributed by atoms with van der Waals surface area (Å²) in [6.07, 6.45) is 0. The standard InChI is InChI=1S/C23H22N2O2/c1-17(26)18-12-14-21(15-13-18)25-22(27)16-24-23(19-8-4-2-5-9-19)20-10-6-3-7-11-20/h2-15,23-24H,16H2,1H3,(H,25,27). The van der Waals surface area contributed by atoms with Crippen LogP contribution in [-0.2, 0) is 4.79 Å². The molecule has 0 saturated heterocycles. The van der Waals surface area contributed by atoms with Gasteiger partial charge in [0.25, 0.3) is 0 Å². The van der Waals surface area contributed by atoms with Crippen molar-refractivity contribution >= 4 is 17.4 Å². The molecular weight excluding hydrogens is 336 g/mol. The van der Waals surface area contributed by atoms with Crippen LogP contribution in [0.25, 0.3) is 0 Å². The normalized spacial score (nSPS) is 10.6. The van der Waals surface area contributed by atoms with E-state index in [4.69, 9.17) is 0 Å². The summed E-state index contributed by atoms with van der Waals surface area (Å²) in [7, 11) is 0. The van der Waals surface area contributed by atoms with E-state index in [2.05, 4.69) is 10.6 Å². The lowest BCUT2D eigenvalue weighted by atomic mass is 9.99. The van der Waals surface area contributed by atoms with Gasteiger partial charge in [-0.2, -0.15) is 0 Å². The number of rotatable bonds is 7. The van der Waals surface area contributed by atoms with Crippen LogP contribution in [-0.4, -0.2) is 18.2 Å². The van der Waals surface area contributed by atoms with E-state index in [0.29, 0.717) is 11.3 Å². The molecule has 0 fully saturated rings. The topological polar surface area (TPSA) is 58.2 Å². The highest BCUT2D eigenvalue weighted by molar-refractivity contribution is 5.96. The highest BCUT2D eigenvalue weighted by atomic mass is 16.2. The molecule has 136 valence electrons. The minimum absolute atomic E-state index is 0.00288. The van der Waals surface area contributed by atoms with Crippen molar-refractivity contribution in [3.63, 3.8) is 0 Å². The molecule has 0 aromatic heterocycles. The van der Waals surface area contributed by atoms with Crippen LogP contribution < -0.4 is 10.6 Å². The fourth-order valence-electron chi connectivity index (χ4n) is 2.91. The van der Waals surface area contributed by atoms with E-state index >= 15 is 0 Å². The second kappa shape index (κ2) is 8.92. The van der Waals surface area contributed by atoms with Gasteiger partial charge in [-0.1, -0.05) is 60.7 Å². The van der Waals surface area contributed by atoms with Gasteiger partial charge in [-0.25, -0.2) is 0 Å². The largest absolute Gasteiger partial charge is 0.325 e. The fraction of sp³-hybridized carbons (Fsp3) is 0.130. The zero-order valence-corrected chi connectivity index (χ0v) is 15.2. The lowest BCUT2D eigenvalue weighted by Gasteiger charge is -2.19. The van der Waals surface area contributed by atoms with Gasteiger partial charge in [0.1, 0.15) is 0 Å². The lowest BCUT2D eigenvalue weighted by Crippen LogP contribution is -2.31. The van der Waals surface area contributed by atoms with Crippen molar-refractivity contribution in [2.75, 3.05) is 11.9 Å². The molecule has 0 bridgehead atoms. The number of Topliss-reactive ketones (excluding diaryl/α,β-unsaturated/α-hetero) is 1. The van der Waals surface area contributed by atoms with E-state index in [1.807, 2.05) is 60.7 Å². The van der Waals surface area contributed by atoms with Crippen LogP contribution in [0.15, 0.2) is 84.9 Å². The number of carbonyl (C=O) groups excluding carboxylic acids is 2. The molecule has 0 spiro atoms. The summed E-state index contributed by atoms with van der Waals surface area (Å²) in [4.78, 5) is 23.7. The summed E-state index contributed by atoms with van der Waals surface area (Å²) in [6, 6.07) is 26.9. The predicted molar refractivity (Wildman–Crippen MR) is 108 cm³/mol. The number of amides is 1. The van der Waals surface area contributed by atoms with Gasteiger partial charge in [0.15, 0.2) is 5.78 Å². The Labute approximate surface area is 159 Å². The Morgan fingerprint density at radius 3 is 1.78 bits per heavy atom. The van der Waals surface area contributed by atoms with Crippen molar-refractivity contribution in [3.05, 3.63) is 102 Å². The third kappa shape index (κ3) is 5.12. The van der Waals surface area contributed by atoms with Crippen LogP contribution in [0.3, 0.4) is 0 Å². The maximum atomic E-state index is 12.4. The molecule has 0 aliphatic carbocycles. The number of hydrogen-bond donors (Lipinski definition) is 2. The number of anilines is 1. The molecule has 0 aliphatic rings. The summed E-state index contributed by atoms with van der Waals surface area (Å²) in [5.74, 6) is -0.134. The molecule has 0 saturated carbocycles. The van der Waals surface area contributed by atoms with E-state index in [-0.39, 0.29) is 24.3 Å². The van der Waals surface area contributed by atoms with E-state index in [1.165, 1.54) is 6.92 Å². The lowest BCUT2D eigenvalue weighted by molar-refractivity contribution is -0.115. The van der Waals surface area contributed by atoms with Crippen molar-refractivity contribution in [3.8, 4) is 0 Å². The van der Waals surface area contributed by atoms with Crippen LogP contribution in [0.2, 0.25) is 0 Å². The number of ketones is 1. The van der Waals surface area contributed by atoms with Gasteiger partial charge in [0.2, 0.25) is 5.91 Å². The second-order valence-electron chi connectivity index (χ2n) is 6.32. The summed E-state index contributed by atoms with van der Waals surface area (Å²) in [5, 5.41) is 6.19. The third-order valence-corrected chi connectivity index (χ3v) is 4.31. The first-order chi connectivity index (χ1) is 13.1. The first-order valence-electron chi connectivity index (χ1n) is 8.87. The first kappa shape index (κ1) is 18.5. The molecule has 0 unspecified atom stereocenters. The Bertz CT molecular complexity index is 851. The predicted octanol–water partition coefficient (Wildman–Crippen LogP) is 4.21. The van der Waals surface area contributed by atoms with E-state index in [0.717, 1.165) is 11.1 Å². The first-order valence-corrected chi connectivity index (χ1v) is 8.87. The Morgan fingerprint density at radius 2 is 1.30 bits per heavy atom. The molecule has 3 aromatic carbocycles. The minimum atomic E-state index is -0.137. The molecule has 4 heteroatoms. The molecule has 3 rings (SSSR count). The van der Waals surface area contributed by atoms with E-state index < -0.39 is 0 Å². The van der Waals surface area contributed by atoms with Gasteiger partial charge < -0.3 is 5.32 Å². The maximum absolute atomic E-state index is 12.4. The molecule has 0 heterocycles.